The minimum absolute atomic E-state index is 0.261. The van der Waals surface area contributed by atoms with Crippen molar-refractivity contribution in [1.82, 2.24) is 9.88 Å². The number of nitrogens with zero attached hydrogens (tertiary/aromatic N) is 2. The third-order valence-corrected chi connectivity index (χ3v) is 3.93. The number of carbonyl (C=O) groups excluding carboxylic acids is 1. The predicted molar refractivity (Wildman–Crippen MR) is 79.8 cm³/mol. The molecule has 1 aromatic heterocycles. The second-order valence-electron chi connectivity index (χ2n) is 6.31. The minimum Gasteiger partial charge on any atom is -0.342 e. The van der Waals surface area contributed by atoms with Crippen LogP contribution in [0.15, 0.2) is 22.8 Å². The second-order valence-corrected chi connectivity index (χ2v) is 7.12. The molecule has 2 rings (SSSR count). The Labute approximate surface area is 123 Å². The van der Waals surface area contributed by atoms with Crippen LogP contribution >= 0.6 is 15.9 Å². The Morgan fingerprint density at radius 2 is 2.21 bits per heavy atom. The van der Waals surface area contributed by atoms with Gasteiger partial charge in [-0.2, -0.15) is 0 Å². The van der Waals surface area contributed by atoms with E-state index in [9.17, 15) is 4.79 Å². The summed E-state index contributed by atoms with van der Waals surface area (Å²) in [5, 5.41) is 0. The molecule has 0 saturated carbocycles. The van der Waals surface area contributed by atoms with Crippen molar-refractivity contribution in [3.05, 3.63) is 28.5 Å². The summed E-state index contributed by atoms with van der Waals surface area (Å²) < 4.78 is 0.880. The van der Waals surface area contributed by atoms with E-state index in [1.807, 2.05) is 37.8 Å². The molecule has 0 bridgehead atoms. The van der Waals surface area contributed by atoms with Crippen LogP contribution < -0.4 is 0 Å². The van der Waals surface area contributed by atoms with Crippen molar-refractivity contribution in [3.8, 4) is 0 Å². The quantitative estimate of drug-likeness (QED) is 0.782. The Hall–Kier alpha value is -0.900. The van der Waals surface area contributed by atoms with Gasteiger partial charge in [-0.3, -0.25) is 4.79 Å². The van der Waals surface area contributed by atoms with Gasteiger partial charge in [0.05, 0.1) is 0 Å². The van der Waals surface area contributed by atoms with Crippen LogP contribution in [0.25, 0.3) is 0 Å². The molecule has 19 heavy (non-hydrogen) atoms. The van der Waals surface area contributed by atoms with Crippen LogP contribution in [0.3, 0.4) is 0 Å². The van der Waals surface area contributed by atoms with Crippen molar-refractivity contribution in [1.29, 1.82) is 0 Å². The van der Waals surface area contributed by atoms with Gasteiger partial charge in [0.2, 0.25) is 5.91 Å². The number of pyridine rings is 1. The van der Waals surface area contributed by atoms with Crippen molar-refractivity contribution in [2.45, 2.75) is 33.6 Å². The summed E-state index contributed by atoms with van der Waals surface area (Å²) in [7, 11) is 0. The van der Waals surface area contributed by atoms with Crippen LogP contribution in [0.5, 0.6) is 0 Å². The first-order valence-electron chi connectivity index (χ1n) is 6.77. The average molecular weight is 325 g/mol. The molecule has 1 fully saturated rings. The number of hydrogen-bond donors (Lipinski definition) is 0. The number of aromatic nitrogens is 1. The Morgan fingerprint density at radius 3 is 2.84 bits per heavy atom. The van der Waals surface area contributed by atoms with Gasteiger partial charge in [-0.15, -0.1) is 0 Å². The van der Waals surface area contributed by atoms with Gasteiger partial charge in [-0.05, 0) is 46.8 Å². The minimum atomic E-state index is -0.275. The Morgan fingerprint density at radius 1 is 1.47 bits per heavy atom. The van der Waals surface area contributed by atoms with E-state index in [4.69, 9.17) is 0 Å². The van der Waals surface area contributed by atoms with Crippen LogP contribution in [0.2, 0.25) is 0 Å². The lowest BCUT2D eigenvalue weighted by Gasteiger charge is -2.25. The fourth-order valence-corrected chi connectivity index (χ4v) is 2.90. The summed E-state index contributed by atoms with van der Waals surface area (Å²) in [5.74, 6) is 0.797. The monoisotopic (exact) mass is 324 g/mol. The molecule has 0 radical (unpaired) electrons. The molecule has 1 saturated heterocycles. The molecule has 4 heteroatoms. The topological polar surface area (TPSA) is 33.2 Å². The largest absolute Gasteiger partial charge is 0.342 e. The molecule has 0 N–H and O–H groups in total. The van der Waals surface area contributed by atoms with E-state index in [2.05, 4.69) is 27.0 Å². The summed E-state index contributed by atoms with van der Waals surface area (Å²) >= 11 is 3.40. The molecular formula is C15H21BrN2O. The van der Waals surface area contributed by atoms with Crippen molar-refractivity contribution in [2.24, 2.45) is 11.3 Å². The lowest BCUT2D eigenvalue weighted by Crippen LogP contribution is -2.38. The number of halogens is 1. The van der Waals surface area contributed by atoms with E-state index < -0.39 is 0 Å². The fraction of sp³-hybridized carbons (Fsp3) is 0.600. The van der Waals surface area contributed by atoms with Crippen molar-refractivity contribution >= 4 is 21.8 Å². The van der Waals surface area contributed by atoms with Gasteiger partial charge >= 0.3 is 0 Å². The highest BCUT2D eigenvalue weighted by Crippen LogP contribution is 2.25. The normalized spacial score (nSPS) is 19.8. The SMILES string of the molecule is CC(C)(C)C(=O)N1CC[C@@H](Cc2cccc(Br)n2)C1. The molecule has 3 nitrogen and oxygen atoms in total. The first kappa shape index (κ1) is 14.5. The Kier molecular flexibility index (Phi) is 4.29. The number of amides is 1. The van der Waals surface area contributed by atoms with E-state index in [-0.39, 0.29) is 11.3 Å². The molecular weight excluding hydrogens is 304 g/mol. The Bertz CT molecular complexity index is 467. The standard InChI is InChI=1S/C15H21BrN2O/c1-15(2,3)14(19)18-8-7-11(10-18)9-12-5-4-6-13(16)17-12/h4-6,11H,7-10H2,1-3H3/t11-/m0/s1. The second kappa shape index (κ2) is 5.61. The van der Waals surface area contributed by atoms with E-state index in [0.717, 1.165) is 36.2 Å². The van der Waals surface area contributed by atoms with Gasteiger partial charge in [0.15, 0.2) is 0 Å². The highest BCUT2D eigenvalue weighted by Gasteiger charge is 2.32. The van der Waals surface area contributed by atoms with Crippen LogP contribution in [0.4, 0.5) is 0 Å². The van der Waals surface area contributed by atoms with Gasteiger partial charge in [-0.1, -0.05) is 26.8 Å². The van der Waals surface area contributed by atoms with Crippen LogP contribution in [-0.4, -0.2) is 28.9 Å². The maximum absolute atomic E-state index is 12.2. The lowest BCUT2D eigenvalue weighted by atomic mass is 9.95. The van der Waals surface area contributed by atoms with Crippen LogP contribution in [0.1, 0.15) is 32.9 Å². The lowest BCUT2D eigenvalue weighted by molar-refractivity contribution is -0.138. The summed E-state index contributed by atoms with van der Waals surface area (Å²) in [6.07, 6.45) is 2.03. The number of hydrogen-bond acceptors (Lipinski definition) is 2. The molecule has 1 aliphatic heterocycles. The van der Waals surface area contributed by atoms with Gasteiger partial charge in [0.1, 0.15) is 4.60 Å². The summed E-state index contributed by atoms with van der Waals surface area (Å²) in [6.45, 7) is 7.70. The molecule has 1 atom stereocenters. The zero-order chi connectivity index (χ0) is 14.0. The van der Waals surface area contributed by atoms with E-state index in [1.54, 1.807) is 0 Å². The zero-order valence-electron chi connectivity index (χ0n) is 11.8. The molecule has 1 aromatic rings. The third-order valence-electron chi connectivity index (χ3n) is 3.49. The van der Waals surface area contributed by atoms with Crippen molar-refractivity contribution in [3.63, 3.8) is 0 Å². The van der Waals surface area contributed by atoms with Crippen molar-refractivity contribution < 1.29 is 4.79 Å². The molecule has 0 aliphatic carbocycles. The maximum atomic E-state index is 12.2. The first-order valence-corrected chi connectivity index (χ1v) is 7.56. The number of carbonyl (C=O) groups is 1. The first-order chi connectivity index (χ1) is 8.86. The molecule has 1 aliphatic rings. The van der Waals surface area contributed by atoms with Gasteiger partial charge in [-0.25, -0.2) is 4.98 Å². The van der Waals surface area contributed by atoms with Crippen LogP contribution in [-0.2, 0) is 11.2 Å². The van der Waals surface area contributed by atoms with E-state index >= 15 is 0 Å². The highest BCUT2D eigenvalue weighted by molar-refractivity contribution is 9.10. The number of rotatable bonds is 2. The number of likely N-dealkylation sites (tertiary alicyclic amines) is 1. The molecule has 0 unspecified atom stereocenters. The summed E-state index contributed by atoms with van der Waals surface area (Å²) in [6, 6.07) is 6.01. The Balaban J connectivity index is 1.94. The van der Waals surface area contributed by atoms with Crippen LogP contribution in [0, 0.1) is 11.3 Å². The van der Waals surface area contributed by atoms with Gasteiger partial charge in [0.25, 0.3) is 0 Å². The molecule has 1 amide bonds. The molecule has 2 heterocycles. The fourth-order valence-electron chi connectivity index (χ4n) is 2.52. The maximum Gasteiger partial charge on any atom is 0.227 e. The highest BCUT2D eigenvalue weighted by atomic mass is 79.9. The van der Waals surface area contributed by atoms with E-state index in [1.165, 1.54) is 0 Å². The van der Waals surface area contributed by atoms with E-state index in [0.29, 0.717) is 5.92 Å². The summed E-state index contributed by atoms with van der Waals surface area (Å²) in [5.41, 5.74) is 0.826. The smallest absolute Gasteiger partial charge is 0.227 e. The zero-order valence-corrected chi connectivity index (χ0v) is 13.4. The predicted octanol–water partition coefficient (Wildman–Crippen LogP) is 3.28. The van der Waals surface area contributed by atoms with Gasteiger partial charge in [0, 0.05) is 24.2 Å². The molecule has 104 valence electrons. The third kappa shape index (κ3) is 3.78. The molecule has 0 aromatic carbocycles. The van der Waals surface area contributed by atoms with Gasteiger partial charge < -0.3 is 4.90 Å². The summed E-state index contributed by atoms with van der Waals surface area (Å²) in [4.78, 5) is 18.7. The average Bonchev–Trinajstić information content (AvgIpc) is 2.75. The molecule has 0 spiro atoms. The van der Waals surface area contributed by atoms with Crippen molar-refractivity contribution in [2.75, 3.05) is 13.1 Å².